The molecule has 12 heteroatoms. The Morgan fingerprint density at radius 2 is 1.87 bits per heavy atom. The van der Waals surface area contributed by atoms with Crippen LogP contribution in [-0.2, 0) is 37.4 Å². The number of hydrogen-bond donors (Lipinski definition) is 0. The van der Waals surface area contributed by atoms with E-state index >= 15 is 0 Å². The Hall–Kier alpha value is -0.250. The third kappa shape index (κ3) is 6.87. The summed E-state index contributed by atoms with van der Waals surface area (Å²) in [5.74, 6) is -0.448. The van der Waals surface area contributed by atoms with Gasteiger partial charge in [0.15, 0.2) is 11.4 Å². The topological polar surface area (TPSA) is 113 Å². The zero-order chi connectivity index (χ0) is 22.7. The minimum atomic E-state index is -4.84. The average Bonchev–Trinajstić information content (AvgIpc) is 3.10. The van der Waals surface area contributed by atoms with Gasteiger partial charge in [-0.3, -0.25) is 9.36 Å². The van der Waals surface area contributed by atoms with E-state index in [0.29, 0.717) is 6.42 Å². The fraction of sp³-hybridized carbons (Fsp3) is 0.944. The Morgan fingerprint density at radius 3 is 2.43 bits per heavy atom. The first kappa shape index (κ1) is 26.0. The number of ketones is 1. The summed E-state index contributed by atoms with van der Waals surface area (Å²) in [6.07, 6.45) is -2.14. The first-order valence-electron chi connectivity index (χ1n) is 10.1. The Bertz CT molecular complexity index is 635. The fourth-order valence-electron chi connectivity index (χ4n) is 3.49. The monoisotopic (exact) mass is 443 g/mol. The summed E-state index contributed by atoms with van der Waals surface area (Å²) in [5.41, 5.74) is -1.64. The number of hydrogen-bond acceptors (Lipinski definition) is 9. The molecule has 0 N–H and O–H groups in total. The molecule has 2 rings (SSSR count). The van der Waals surface area contributed by atoms with Crippen LogP contribution in [-0.4, -0.2) is 82.8 Å². The highest BCUT2D eigenvalue weighted by molar-refractivity contribution is 7.45. The normalized spacial score (nSPS) is 36.5. The van der Waals surface area contributed by atoms with E-state index in [1.165, 1.54) is 6.92 Å². The number of ether oxygens (including phenoxy) is 4. The van der Waals surface area contributed by atoms with Gasteiger partial charge in [0.2, 0.25) is 0 Å². The predicted molar refractivity (Wildman–Crippen MR) is 107 cm³/mol. The van der Waals surface area contributed by atoms with E-state index in [1.807, 2.05) is 13.8 Å². The van der Waals surface area contributed by atoms with Gasteiger partial charge in [-0.1, -0.05) is 0 Å². The van der Waals surface area contributed by atoms with E-state index in [2.05, 4.69) is 0 Å². The maximum absolute atomic E-state index is 12.5. The lowest BCUT2D eigenvalue weighted by atomic mass is 9.90. The van der Waals surface area contributed by atoms with E-state index in [4.69, 9.17) is 43.7 Å². The zero-order valence-corrected chi connectivity index (χ0v) is 19.0. The van der Waals surface area contributed by atoms with Crippen molar-refractivity contribution in [2.24, 2.45) is 0 Å². The van der Waals surface area contributed by atoms with Crippen LogP contribution >= 0.6 is 7.82 Å². The summed E-state index contributed by atoms with van der Waals surface area (Å²) in [6.45, 7) is 8.02. The van der Waals surface area contributed by atoms with Crippen LogP contribution in [0.2, 0.25) is 0 Å². The van der Waals surface area contributed by atoms with Gasteiger partial charge < -0.3 is 32.9 Å². The Labute approximate surface area is 180 Å². The molecule has 0 spiro atoms. The van der Waals surface area contributed by atoms with Crippen LogP contribution in [0.25, 0.3) is 0 Å². The first-order chi connectivity index (χ1) is 13.8. The lowest BCUT2D eigenvalue weighted by molar-refractivity contribution is -0.237. The highest BCUT2D eigenvalue weighted by atomic mass is 31.2. The molecule has 9 nitrogen and oxygen atoms in total. The van der Waals surface area contributed by atoms with Crippen molar-refractivity contribution in [3.8, 4) is 0 Å². The van der Waals surface area contributed by atoms with Crippen LogP contribution in [0.3, 0.4) is 0 Å². The molecule has 2 fully saturated rings. The highest BCUT2D eigenvalue weighted by Gasteiger charge is 2.53. The molecule has 7 unspecified atom stereocenters. The molecule has 7 atom stereocenters. The predicted octanol–water partition coefficient (Wildman–Crippen LogP) is 0.601. The minimum absolute atomic E-state index is 0.0134. The molecule has 168 valence electrons. The van der Waals surface area contributed by atoms with Gasteiger partial charge in [-0.25, -0.2) is 0 Å². The van der Waals surface area contributed by atoms with Crippen molar-refractivity contribution in [2.45, 2.75) is 95.6 Å². The number of carbonyl (C=O) groups is 1. The summed E-state index contributed by atoms with van der Waals surface area (Å²) < 4.78 is 45.1. The number of Topliss-reactive ketones (excluding diaryl/α,β-unsaturated/α-hetero) is 1. The Kier molecular flexibility index (Phi) is 9.17. The Balaban J connectivity index is 2.04. The quantitative estimate of drug-likeness (QED) is 0.335. The molecule has 0 amide bonds. The molecule has 2 aliphatic heterocycles. The molecule has 0 saturated carbocycles. The summed E-state index contributed by atoms with van der Waals surface area (Å²) in [4.78, 5) is 24.9. The molecule has 0 aromatic carbocycles. The fourth-order valence-corrected chi connectivity index (χ4v) is 4.45. The standard InChI is InChI=1S/C18H31B2O9P/c1-10(2)24-9-18(12(5)21)15(7-17(20)28-18)29-30(22,23)25-8-14-13(26-11(3)4)6-16(19)27-14/h10-11,13-17H,6-9H2,1-5H3,(H,22,23)/p-1. The second kappa shape index (κ2) is 10.6. The Morgan fingerprint density at radius 1 is 1.20 bits per heavy atom. The van der Waals surface area contributed by atoms with Crippen molar-refractivity contribution in [2.75, 3.05) is 13.2 Å². The van der Waals surface area contributed by atoms with Crippen molar-refractivity contribution < 1.29 is 42.2 Å². The van der Waals surface area contributed by atoms with Crippen LogP contribution in [0.5, 0.6) is 0 Å². The number of rotatable bonds is 11. The minimum Gasteiger partial charge on any atom is -0.756 e. The molecular formula is C18H30B2O9P-. The summed E-state index contributed by atoms with van der Waals surface area (Å²) >= 11 is 0. The number of carbonyl (C=O) groups excluding carboxylic acids is 1. The van der Waals surface area contributed by atoms with Gasteiger partial charge in [-0.2, -0.15) is 0 Å². The smallest absolute Gasteiger partial charge is 0.268 e. The van der Waals surface area contributed by atoms with E-state index in [-0.39, 0.29) is 31.8 Å². The highest BCUT2D eigenvalue weighted by Crippen LogP contribution is 2.47. The van der Waals surface area contributed by atoms with Crippen molar-refractivity contribution in [1.29, 1.82) is 0 Å². The third-order valence-electron chi connectivity index (χ3n) is 4.88. The largest absolute Gasteiger partial charge is 0.756 e. The van der Waals surface area contributed by atoms with Crippen LogP contribution in [0.4, 0.5) is 0 Å². The molecule has 0 bridgehead atoms. The third-order valence-corrected chi connectivity index (χ3v) is 5.86. The van der Waals surface area contributed by atoms with E-state index < -0.39 is 49.5 Å². The lowest BCUT2D eigenvalue weighted by Crippen LogP contribution is -2.52. The molecule has 2 saturated heterocycles. The number of phosphoric ester groups is 1. The van der Waals surface area contributed by atoms with E-state index in [1.54, 1.807) is 13.8 Å². The van der Waals surface area contributed by atoms with Crippen molar-refractivity contribution in [3.63, 3.8) is 0 Å². The first-order valence-corrected chi connectivity index (χ1v) is 11.6. The second-order valence-corrected chi connectivity index (χ2v) is 9.57. The summed E-state index contributed by atoms with van der Waals surface area (Å²) in [6, 6.07) is -1.45. The average molecular weight is 443 g/mol. The van der Waals surface area contributed by atoms with Crippen LogP contribution < -0.4 is 4.89 Å². The van der Waals surface area contributed by atoms with Gasteiger partial charge in [-0.15, -0.1) is 0 Å². The van der Waals surface area contributed by atoms with Gasteiger partial charge in [0.1, 0.15) is 27.9 Å². The van der Waals surface area contributed by atoms with Crippen molar-refractivity contribution in [1.82, 2.24) is 0 Å². The zero-order valence-electron chi connectivity index (χ0n) is 18.1. The van der Waals surface area contributed by atoms with Gasteiger partial charge in [-0.05, 0) is 47.5 Å². The van der Waals surface area contributed by atoms with E-state index in [9.17, 15) is 14.3 Å². The summed E-state index contributed by atoms with van der Waals surface area (Å²) in [7, 11) is 6.77. The molecule has 2 aliphatic rings. The molecule has 0 aliphatic carbocycles. The maximum Gasteiger partial charge on any atom is 0.268 e. The van der Waals surface area contributed by atoms with Crippen molar-refractivity contribution in [3.05, 3.63) is 0 Å². The van der Waals surface area contributed by atoms with Crippen LogP contribution in [0.1, 0.15) is 47.5 Å². The molecule has 2 heterocycles. The SMILES string of the molecule is [B]C1CC(OC(C)C)C(COP(=O)([O-])OC2CC([B])OC2(COC(C)C)C(C)=O)O1. The van der Waals surface area contributed by atoms with Gasteiger partial charge in [0.25, 0.3) is 7.82 Å². The van der Waals surface area contributed by atoms with Gasteiger partial charge in [0.05, 0.1) is 31.5 Å². The molecule has 4 radical (unpaired) electrons. The van der Waals surface area contributed by atoms with E-state index in [0.717, 1.165) is 0 Å². The molecule has 0 aromatic rings. The number of phosphoric acid groups is 1. The maximum atomic E-state index is 12.5. The second-order valence-electron chi connectivity index (χ2n) is 8.21. The molecular weight excluding hydrogens is 413 g/mol. The molecule has 0 aromatic heterocycles. The lowest BCUT2D eigenvalue weighted by Gasteiger charge is -2.36. The van der Waals surface area contributed by atoms with Crippen molar-refractivity contribution >= 4 is 29.3 Å². The van der Waals surface area contributed by atoms with Gasteiger partial charge >= 0.3 is 0 Å². The molecule has 30 heavy (non-hydrogen) atoms. The van der Waals surface area contributed by atoms with Crippen LogP contribution in [0, 0.1) is 0 Å². The van der Waals surface area contributed by atoms with Gasteiger partial charge in [0, 0.05) is 12.0 Å². The summed E-state index contributed by atoms with van der Waals surface area (Å²) in [5, 5.41) is 0. The van der Waals surface area contributed by atoms with Crippen LogP contribution in [0.15, 0.2) is 0 Å².